The van der Waals surface area contributed by atoms with E-state index in [4.69, 9.17) is 0 Å². The van der Waals surface area contributed by atoms with E-state index < -0.39 is 0 Å². The molecule has 0 bridgehead atoms. The molecule has 1 heteroatoms. The van der Waals surface area contributed by atoms with E-state index in [-0.39, 0.29) is 0 Å². The Morgan fingerprint density at radius 2 is 1.77 bits per heavy atom. The maximum Gasteiger partial charge on any atom is 0.0687 e. The molecule has 0 unspecified atom stereocenters. The van der Waals surface area contributed by atoms with Crippen LogP contribution in [0, 0.1) is 13.8 Å². The first kappa shape index (κ1) is 9.72. The van der Waals surface area contributed by atoms with E-state index in [0.29, 0.717) is 0 Å². The largest absolute Gasteiger partial charge is 0.256 e. The van der Waals surface area contributed by atoms with E-state index in [9.17, 15) is 0 Å². The fourth-order valence-electron chi connectivity index (χ4n) is 1.21. The third kappa shape index (κ3) is 2.55. The summed E-state index contributed by atoms with van der Waals surface area (Å²) in [7, 11) is 0. The minimum atomic E-state index is 1.08. The second kappa shape index (κ2) is 4.61. The van der Waals surface area contributed by atoms with Crippen molar-refractivity contribution < 1.29 is 0 Å². The quantitative estimate of drug-likeness (QED) is 0.606. The highest BCUT2D eigenvalue weighted by atomic mass is 14.7. The van der Waals surface area contributed by atoms with E-state index in [0.717, 1.165) is 5.69 Å². The molecule has 0 aromatic heterocycles. The molecule has 0 N–H and O–H groups in total. The van der Waals surface area contributed by atoms with E-state index >= 15 is 0 Å². The lowest BCUT2D eigenvalue weighted by Crippen LogP contribution is -1.79. The molecule has 0 amide bonds. The van der Waals surface area contributed by atoms with Gasteiger partial charge in [0.15, 0.2) is 0 Å². The Hall–Kier alpha value is -1.37. The van der Waals surface area contributed by atoms with Gasteiger partial charge in [0.25, 0.3) is 0 Å². The second-order valence-electron chi connectivity index (χ2n) is 3.04. The van der Waals surface area contributed by atoms with Gasteiger partial charge in [0.1, 0.15) is 0 Å². The van der Waals surface area contributed by atoms with Crippen LogP contribution in [0.5, 0.6) is 0 Å². The minimum absolute atomic E-state index is 1.08. The SMILES string of the molecule is C/C=C/C=Nc1c(C)cccc1C. The summed E-state index contributed by atoms with van der Waals surface area (Å²) < 4.78 is 0. The number of hydrogen-bond acceptors (Lipinski definition) is 1. The van der Waals surface area contributed by atoms with Crippen molar-refractivity contribution in [3.05, 3.63) is 41.5 Å². The third-order valence-electron chi connectivity index (χ3n) is 1.92. The van der Waals surface area contributed by atoms with Crippen molar-refractivity contribution in [2.45, 2.75) is 20.8 Å². The Morgan fingerprint density at radius 3 is 2.31 bits per heavy atom. The predicted octanol–water partition coefficient (Wildman–Crippen LogP) is 3.58. The standard InChI is InChI=1S/C12H15N/c1-4-5-9-13-12-10(2)7-6-8-11(12)3/h4-9H,1-3H3/b5-4+,13-9?. The lowest BCUT2D eigenvalue weighted by molar-refractivity contribution is 1.33. The van der Waals surface area contributed by atoms with Gasteiger partial charge in [0, 0.05) is 6.21 Å². The number of allylic oxidation sites excluding steroid dienone is 2. The van der Waals surface area contributed by atoms with Gasteiger partial charge >= 0.3 is 0 Å². The van der Waals surface area contributed by atoms with Crippen molar-refractivity contribution >= 4 is 11.9 Å². The molecule has 0 heterocycles. The molecule has 0 radical (unpaired) electrons. The number of benzene rings is 1. The van der Waals surface area contributed by atoms with Gasteiger partial charge < -0.3 is 0 Å². The molecule has 0 aliphatic carbocycles. The van der Waals surface area contributed by atoms with Crippen molar-refractivity contribution in [1.29, 1.82) is 0 Å². The third-order valence-corrected chi connectivity index (χ3v) is 1.92. The highest BCUT2D eigenvalue weighted by Crippen LogP contribution is 2.22. The van der Waals surface area contributed by atoms with Gasteiger partial charge in [0.05, 0.1) is 5.69 Å². The van der Waals surface area contributed by atoms with Crippen LogP contribution in [0.25, 0.3) is 0 Å². The molecule has 13 heavy (non-hydrogen) atoms. The maximum absolute atomic E-state index is 4.38. The van der Waals surface area contributed by atoms with Gasteiger partial charge in [-0.3, -0.25) is 4.99 Å². The second-order valence-corrected chi connectivity index (χ2v) is 3.04. The molecule has 0 aliphatic heterocycles. The molecule has 1 nitrogen and oxygen atoms in total. The molecule has 0 atom stereocenters. The van der Waals surface area contributed by atoms with Crippen LogP contribution in [0.1, 0.15) is 18.1 Å². The fraction of sp³-hybridized carbons (Fsp3) is 0.250. The molecule has 0 saturated heterocycles. The zero-order valence-electron chi connectivity index (χ0n) is 8.41. The van der Waals surface area contributed by atoms with Crippen molar-refractivity contribution in [2.24, 2.45) is 4.99 Å². The van der Waals surface area contributed by atoms with Crippen LogP contribution in [0.4, 0.5) is 5.69 Å². The molecule has 0 spiro atoms. The highest BCUT2D eigenvalue weighted by Gasteiger charge is 1.96. The monoisotopic (exact) mass is 173 g/mol. The Balaban J connectivity index is 2.99. The number of nitrogens with zero attached hydrogens (tertiary/aromatic N) is 1. The average Bonchev–Trinajstić information content (AvgIpc) is 2.10. The van der Waals surface area contributed by atoms with Crippen molar-refractivity contribution in [2.75, 3.05) is 0 Å². The summed E-state index contributed by atoms with van der Waals surface area (Å²) in [6.07, 6.45) is 5.73. The summed E-state index contributed by atoms with van der Waals surface area (Å²) in [6, 6.07) is 6.21. The molecule has 0 aliphatic rings. The summed E-state index contributed by atoms with van der Waals surface area (Å²) in [4.78, 5) is 4.38. The first-order valence-corrected chi connectivity index (χ1v) is 4.47. The van der Waals surface area contributed by atoms with E-state index in [1.165, 1.54) is 11.1 Å². The summed E-state index contributed by atoms with van der Waals surface area (Å²) >= 11 is 0. The molecule has 1 aromatic carbocycles. The normalized spacial score (nSPS) is 11.6. The fourth-order valence-corrected chi connectivity index (χ4v) is 1.21. The first-order chi connectivity index (χ1) is 6.25. The van der Waals surface area contributed by atoms with Crippen LogP contribution in [0.2, 0.25) is 0 Å². The van der Waals surface area contributed by atoms with Gasteiger partial charge in [0.2, 0.25) is 0 Å². The summed E-state index contributed by atoms with van der Waals surface area (Å²) in [6.45, 7) is 6.14. The Bertz CT molecular complexity index is 315. The molecule has 0 saturated carbocycles. The van der Waals surface area contributed by atoms with E-state index in [2.05, 4.69) is 37.0 Å². The highest BCUT2D eigenvalue weighted by molar-refractivity contribution is 5.75. The zero-order valence-corrected chi connectivity index (χ0v) is 8.41. The van der Waals surface area contributed by atoms with E-state index in [1.807, 2.05) is 25.3 Å². The molecule has 68 valence electrons. The van der Waals surface area contributed by atoms with Gasteiger partial charge in [-0.25, -0.2) is 0 Å². The Labute approximate surface area is 79.8 Å². The number of aryl methyl sites for hydroxylation is 2. The van der Waals surface area contributed by atoms with E-state index in [1.54, 1.807) is 0 Å². The molecule has 0 fully saturated rings. The maximum atomic E-state index is 4.38. The smallest absolute Gasteiger partial charge is 0.0687 e. The molecular weight excluding hydrogens is 158 g/mol. The number of para-hydroxylation sites is 1. The van der Waals surface area contributed by atoms with Crippen LogP contribution in [-0.2, 0) is 0 Å². The van der Waals surface area contributed by atoms with Crippen LogP contribution in [-0.4, -0.2) is 6.21 Å². The van der Waals surface area contributed by atoms with Crippen molar-refractivity contribution in [3.63, 3.8) is 0 Å². The van der Waals surface area contributed by atoms with Gasteiger partial charge in [-0.05, 0) is 38.0 Å². The number of hydrogen-bond donors (Lipinski definition) is 0. The zero-order chi connectivity index (χ0) is 9.68. The summed E-state index contributed by atoms with van der Waals surface area (Å²) in [5.74, 6) is 0. The topological polar surface area (TPSA) is 12.4 Å². The van der Waals surface area contributed by atoms with Gasteiger partial charge in [-0.15, -0.1) is 0 Å². The lowest BCUT2D eigenvalue weighted by atomic mass is 10.1. The Kier molecular flexibility index (Phi) is 3.44. The minimum Gasteiger partial charge on any atom is -0.256 e. The lowest BCUT2D eigenvalue weighted by Gasteiger charge is -2.02. The molecule has 1 aromatic rings. The van der Waals surface area contributed by atoms with Crippen LogP contribution in [0.15, 0.2) is 35.3 Å². The van der Waals surface area contributed by atoms with Crippen LogP contribution < -0.4 is 0 Å². The number of aliphatic imine (C=N–C) groups is 1. The first-order valence-electron chi connectivity index (χ1n) is 4.47. The number of rotatable bonds is 2. The predicted molar refractivity (Wildman–Crippen MR) is 58.9 cm³/mol. The average molecular weight is 173 g/mol. The van der Waals surface area contributed by atoms with Gasteiger partial charge in [-0.2, -0.15) is 0 Å². The Morgan fingerprint density at radius 1 is 1.15 bits per heavy atom. The molecular formula is C12H15N. The van der Waals surface area contributed by atoms with Crippen LogP contribution >= 0.6 is 0 Å². The van der Waals surface area contributed by atoms with Crippen LogP contribution in [0.3, 0.4) is 0 Å². The molecule has 1 rings (SSSR count). The van der Waals surface area contributed by atoms with Crippen molar-refractivity contribution in [3.8, 4) is 0 Å². The van der Waals surface area contributed by atoms with Crippen molar-refractivity contribution in [1.82, 2.24) is 0 Å². The van der Waals surface area contributed by atoms with Gasteiger partial charge in [-0.1, -0.05) is 24.3 Å². The summed E-state index contributed by atoms with van der Waals surface area (Å²) in [5, 5.41) is 0. The summed E-state index contributed by atoms with van der Waals surface area (Å²) in [5.41, 5.74) is 3.53.